The van der Waals surface area contributed by atoms with Gasteiger partial charge in [-0.3, -0.25) is 13.9 Å². The second-order valence-electron chi connectivity index (χ2n) is 6.73. The van der Waals surface area contributed by atoms with Crippen molar-refractivity contribution in [3.05, 3.63) is 65.1 Å². The summed E-state index contributed by atoms with van der Waals surface area (Å²) in [5, 5.41) is 2.92. The molecule has 3 aromatic rings. The van der Waals surface area contributed by atoms with Crippen molar-refractivity contribution < 1.29 is 4.79 Å². The third-order valence-corrected chi connectivity index (χ3v) is 4.79. The standard InChI is InChI=1S/C21H26N4O2/c1-23(17-10-4-3-5-11-17)15-9-8-14-22-20(26)16-25-19-13-7-6-12-18(19)24(2)21(25)27/h3-7,10-13H,8-9,14-16H2,1-2H3,(H,22,26). The number of rotatable bonds is 8. The molecule has 3 rings (SSSR count). The summed E-state index contributed by atoms with van der Waals surface area (Å²) in [6.07, 6.45) is 1.88. The number of carbonyl (C=O) groups excluding carboxylic acids is 1. The van der Waals surface area contributed by atoms with Gasteiger partial charge in [0, 0.05) is 32.9 Å². The van der Waals surface area contributed by atoms with Gasteiger partial charge in [0.2, 0.25) is 5.91 Å². The van der Waals surface area contributed by atoms with E-state index in [1.165, 1.54) is 10.3 Å². The summed E-state index contributed by atoms with van der Waals surface area (Å²) in [5.41, 5.74) is 2.64. The van der Waals surface area contributed by atoms with Gasteiger partial charge in [-0.1, -0.05) is 30.3 Å². The lowest BCUT2D eigenvalue weighted by Gasteiger charge is -2.19. The van der Waals surface area contributed by atoms with E-state index in [2.05, 4.69) is 29.4 Å². The molecule has 0 atom stereocenters. The number of nitrogens with zero attached hydrogens (tertiary/aromatic N) is 3. The summed E-state index contributed by atoms with van der Waals surface area (Å²) in [7, 11) is 3.79. The first-order valence-electron chi connectivity index (χ1n) is 9.25. The van der Waals surface area contributed by atoms with Crippen LogP contribution in [0.5, 0.6) is 0 Å². The van der Waals surface area contributed by atoms with Gasteiger partial charge in [-0.05, 0) is 37.1 Å². The predicted octanol–water partition coefficient (Wildman–Crippen LogP) is 2.37. The molecule has 1 heterocycles. The zero-order valence-electron chi connectivity index (χ0n) is 15.9. The van der Waals surface area contributed by atoms with Gasteiger partial charge < -0.3 is 10.2 Å². The number of para-hydroxylation sites is 3. The van der Waals surface area contributed by atoms with Crippen LogP contribution in [-0.4, -0.2) is 35.2 Å². The van der Waals surface area contributed by atoms with Crippen LogP contribution in [0, 0.1) is 0 Å². The summed E-state index contributed by atoms with van der Waals surface area (Å²) in [4.78, 5) is 26.8. The number of carbonyl (C=O) groups is 1. The monoisotopic (exact) mass is 366 g/mol. The lowest BCUT2D eigenvalue weighted by molar-refractivity contribution is -0.121. The Kier molecular flexibility index (Phi) is 5.96. The third kappa shape index (κ3) is 4.39. The van der Waals surface area contributed by atoms with Gasteiger partial charge in [-0.2, -0.15) is 0 Å². The Morgan fingerprint density at radius 2 is 1.67 bits per heavy atom. The fourth-order valence-electron chi connectivity index (χ4n) is 3.23. The van der Waals surface area contributed by atoms with Gasteiger partial charge in [0.05, 0.1) is 11.0 Å². The highest BCUT2D eigenvalue weighted by Crippen LogP contribution is 2.12. The second-order valence-corrected chi connectivity index (χ2v) is 6.73. The molecule has 142 valence electrons. The summed E-state index contributed by atoms with van der Waals surface area (Å²) in [6.45, 7) is 1.59. The van der Waals surface area contributed by atoms with Crippen molar-refractivity contribution in [2.75, 3.05) is 25.0 Å². The van der Waals surface area contributed by atoms with E-state index in [-0.39, 0.29) is 18.1 Å². The van der Waals surface area contributed by atoms with Crippen molar-refractivity contribution in [3.63, 3.8) is 0 Å². The summed E-state index contributed by atoms with van der Waals surface area (Å²) < 4.78 is 3.09. The molecule has 6 heteroatoms. The van der Waals surface area contributed by atoms with Gasteiger partial charge in [-0.15, -0.1) is 0 Å². The molecule has 27 heavy (non-hydrogen) atoms. The molecule has 1 amide bonds. The summed E-state index contributed by atoms with van der Waals surface area (Å²) in [6, 6.07) is 17.7. The highest BCUT2D eigenvalue weighted by Gasteiger charge is 2.12. The number of unbranched alkanes of at least 4 members (excludes halogenated alkanes) is 1. The van der Waals surface area contributed by atoms with Crippen molar-refractivity contribution in [2.24, 2.45) is 7.05 Å². The molecule has 1 aromatic heterocycles. The lowest BCUT2D eigenvalue weighted by Crippen LogP contribution is -2.33. The molecule has 0 fully saturated rings. The van der Waals surface area contributed by atoms with Crippen LogP contribution < -0.4 is 15.9 Å². The molecule has 0 radical (unpaired) electrons. The second kappa shape index (κ2) is 8.58. The maximum atomic E-state index is 12.4. The van der Waals surface area contributed by atoms with Crippen LogP contribution in [0.3, 0.4) is 0 Å². The highest BCUT2D eigenvalue weighted by atomic mass is 16.2. The predicted molar refractivity (Wildman–Crippen MR) is 109 cm³/mol. The third-order valence-electron chi connectivity index (χ3n) is 4.79. The highest BCUT2D eigenvalue weighted by molar-refractivity contribution is 5.80. The van der Waals surface area contributed by atoms with Gasteiger partial charge in [0.25, 0.3) is 0 Å². The Balaban J connectivity index is 1.46. The Morgan fingerprint density at radius 3 is 2.41 bits per heavy atom. The van der Waals surface area contributed by atoms with Crippen LogP contribution in [-0.2, 0) is 18.4 Å². The van der Waals surface area contributed by atoms with Crippen LogP contribution in [0.25, 0.3) is 11.0 Å². The molecule has 0 aliphatic heterocycles. The van der Waals surface area contributed by atoms with Crippen LogP contribution in [0.2, 0.25) is 0 Å². The molecular weight excluding hydrogens is 340 g/mol. The van der Waals surface area contributed by atoms with Crippen LogP contribution in [0.4, 0.5) is 5.69 Å². The molecule has 1 N–H and O–H groups in total. The first-order valence-corrected chi connectivity index (χ1v) is 9.25. The van der Waals surface area contributed by atoms with Gasteiger partial charge in [0.15, 0.2) is 0 Å². The molecule has 0 spiro atoms. The van der Waals surface area contributed by atoms with E-state index in [0.29, 0.717) is 6.54 Å². The number of hydrogen-bond donors (Lipinski definition) is 1. The van der Waals surface area contributed by atoms with E-state index in [1.807, 2.05) is 42.5 Å². The number of imidazole rings is 1. The summed E-state index contributed by atoms with van der Waals surface area (Å²) >= 11 is 0. The molecule has 0 unspecified atom stereocenters. The average Bonchev–Trinajstić information content (AvgIpc) is 2.93. The lowest BCUT2D eigenvalue weighted by atomic mass is 10.2. The first-order chi connectivity index (χ1) is 13.1. The van der Waals surface area contributed by atoms with E-state index < -0.39 is 0 Å². The minimum Gasteiger partial charge on any atom is -0.375 e. The van der Waals surface area contributed by atoms with Crippen molar-refractivity contribution >= 4 is 22.6 Å². The number of hydrogen-bond acceptors (Lipinski definition) is 3. The molecule has 6 nitrogen and oxygen atoms in total. The first kappa shape index (κ1) is 18.8. The van der Waals surface area contributed by atoms with Crippen molar-refractivity contribution in [2.45, 2.75) is 19.4 Å². The van der Waals surface area contributed by atoms with E-state index >= 15 is 0 Å². The number of nitrogens with one attached hydrogen (secondary N) is 1. The van der Waals surface area contributed by atoms with Gasteiger partial charge in [-0.25, -0.2) is 4.79 Å². The molecule has 0 saturated heterocycles. The molecule has 0 aliphatic rings. The van der Waals surface area contributed by atoms with Crippen LogP contribution >= 0.6 is 0 Å². The zero-order chi connectivity index (χ0) is 19.2. The number of benzene rings is 2. The van der Waals surface area contributed by atoms with E-state index in [1.54, 1.807) is 11.6 Å². The van der Waals surface area contributed by atoms with Gasteiger partial charge in [0.1, 0.15) is 6.54 Å². The van der Waals surface area contributed by atoms with Crippen LogP contribution in [0.1, 0.15) is 12.8 Å². The summed E-state index contributed by atoms with van der Waals surface area (Å²) in [5.74, 6) is -0.134. The van der Waals surface area contributed by atoms with Gasteiger partial charge >= 0.3 is 5.69 Å². The maximum absolute atomic E-state index is 12.4. The van der Waals surface area contributed by atoms with E-state index in [4.69, 9.17) is 0 Å². The zero-order valence-corrected chi connectivity index (χ0v) is 15.9. The molecule has 0 aliphatic carbocycles. The van der Waals surface area contributed by atoms with Crippen molar-refractivity contribution in [1.29, 1.82) is 0 Å². The fraction of sp³-hybridized carbons (Fsp3) is 0.333. The topological polar surface area (TPSA) is 59.3 Å². The van der Waals surface area contributed by atoms with Crippen molar-refractivity contribution in [1.82, 2.24) is 14.5 Å². The number of aryl methyl sites for hydroxylation is 1. The van der Waals surface area contributed by atoms with Crippen molar-refractivity contribution in [3.8, 4) is 0 Å². The van der Waals surface area contributed by atoms with Crippen LogP contribution in [0.15, 0.2) is 59.4 Å². The van der Waals surface area contributed by atoms with E-state index in [9.17, 15) is 9.59 Å². The average molecular weight is 366 g/mol. The Morgan fingerprint density at radius 1 is 1.00 bits per heavy atom. The number of aromatic nitrogens is 2. The minimum atomic E-state index is -0.171. The Hall–Kier alpha value is -3.02. The molecule has 2 aromatic carbocycles. The minimum absolute atomic E-state index is 0.0457. The number of amides is 1. The molecular formula is C21H26N4O2. The smallest absolute Gasteiger partial charge is 0.329 e. The Bertz CT molecular complexity index is 959. The molecule has 0 saturated carbocycles. The number of anilines is 1. The quantitative estimate of drug-likeness (QED) is 0.623. The number of fused-ring (bicyclic) bond motifs is 1. The Labute approximate surface area is 159 Å². The SMILES string of the molecule is CN(CCCCNC(=O)Cn1c(=O)n(C)c2ccccc21)c1ccccc1. The molecule has 0 bridgehead atoms. The maximum Gasteiger partial charge on any atom is 0.329 e. The fourth-order valence-corrected chi connectivity index (χ4v) is 3.23. The normalized spacial score (nSPS) is 10.9. The largest absolute Gasteiger partial charge is 0.375 e. The van der Waals surface area contributed by atoms with E-state index in [0.717, 1.165) is 30.4 Å².